The Labute approximate surface area is 116 Å². The van der Waals surface area contributed by atoms with Gasteiger partial charge in [0.05, 0.1) is 17.5 Å². The molecule has 5 nitrogen and oxygen atoms in total. The molecule has 1 rings (SSSR count). The average Bonchev–Trinajstić information content (AvgIpc) is 2.53. The van der Waals surface area contributed by atoms with Gasteiger partial charge in [-0.15, -0.1) is 0 Å². The van der Waals surface area contributed by atoms with Crippen LogP contribution in [0.1, 0.15) is 46.5 Å². The van der Waals surface area contributed by atoms with Gasteiger partial charge in [-0.05, 0) is 26.2 Å². The van der Waals surface area contributed by atoms with Crippen LogP contribution in [-0.4, -0.2) is 49.5 Å². The number of sulfone groups is 1. The first-order valence-electron chi connectivity index (χ1n) is 7.00. The second kappa shape index (κ2) is 6.22. The maximum Gasteiger partial charge on any atom is 0.243 e. The lowest BCUT2D eigenvalue weighted by Crippen LogP contribution is -2.43. The van der Waals surface area contributed by atoms with Crippen molar-refractivity contribution in [1.29, 1.82) is 0 Å². The smallest absolute Gasteiger partial charge is 0.243 e. The first-order chi connectivity index (χ1) is 8.73. The molecule has 0 spiro atoms. The minimum absolute atomic E-state index is 0.0435. The van der Waals surface area contributed by atoms with Crippen molar-refractivity contribution in [2.24, 2.45) is 0 Å². The minimum atomic E-state index is -2.96. The van der Waals surface area contributed by atoms with E-state index in [-0.39, 0.29) is 17.8 Å². The van der Waals surface area contributed by atoms with E-state index in [2.05, 4.69) is 12.2 Å². The van der Waals surface area contributed by atoms with Crippen LogP contribution in [-0.2, 0) is 14.6 Å². The van der Waals surface area contributed by atoms with Crippen molar-refractivity contribution in [1.82, 2.24) is 10.2 Å². The molecule has 6 heteroatoms. The fourth-order valence-electron chi connectivity index (χ4n) is 2.48. The first kappa shape index (κ1) is 16.4. The molecular formula is C13H26N2O3S. The highest BCUT2D eigenvalue weighted by Crippen LogP contribution is 2.25. The molecule has 1 fully saturated rings. The summed E-state index contributed by atoms with van der Waals surface area (Å²) in [6.07, 6.45) is 4.42. The Morgan fingerprint density at radius 1 is 1.37 bits per heavy atom. The zero-order chi connectivity index (χ0) is 14.7. The lowest BCUT2D eigenvalue weighted by atomic mass is 9.99. The van der Waals surface area contributed by atoms with Gasteiger partial charge in [0.15, 0.2) is 0 Å². The quantitative estimate of drug-likeness (QED) is 0.764. The Morgan fingerprint density at radius 2 is 2.00 bits per heavy atom. The third-order valence-electron chi connectivity index (χ3n) is 3.78. The van der Waals surface area contributed by atoms with Crippen molar-refractivity contribution in [3.63, 3.8) is 0 Å². The lowest BCUT2D eigenvalue weighted by molar-refractivity contribution is -0.133. The molecule has 1 amide bonds. The molecule has 1 saturated heterocycles. The fraction of sp³-hybridized carbons (Fsp3) is 0.923. The maximum absolute atomic E-state index is 12.4. The van der Waals surface area contributed by atoms with E-state index in [4.69, 9.17) is 0 Å². The Hall–Kier alpha value is -0.620. The van der Waals surface area contributed by atoms with E-state index in [1.54, 1.807) is 0 Å². The summed E-state index contributed by atoms with van der Waals surface area (Å²) in [5.74, 6) is 0.236. The molecule has 1 N–H and O–H groups in total. The molecule has 1 heterocycles. The monoisotopic (exact) mass is 290 g/mol. The molecule has 0 saturated carbocycles. The SMILES string of the molecule is CCCC1NC(C)(CC)C(=O)N1CCCS(C)(=O)=O. The zero-order valence-electron chi connectivity index (χ0n) is 12.4. The van der Waals surface area contributed by atoms with Gasteiger partial charge < -0.3 is 4.90 Å². The topological polar surface area (TPSA) is 66.5 Å². The van der Waals surface area contributed by atoms with Crippen LogP contribution in [0, 0.1) is 0 Å². The van der Waals surface area contributed by atoms with Gasteiger partial charge in [-0.3, -0.25) is 10.1 Å². The average molecular weight is 290 g/mol. The van der Waals surface area contributed by atoms with Crippen molar-refractivity contribution >= 4 is 15.7 Å². The third-order valence-corrected chi connectivity index (χ3v) is 4.81. The Bertz CT molecular complexity index is 422. The standard InChI is InChI=1S/C13H26N2O3S/c1-5-8-11-14-13(3,6-2)12(16)15(11)9-7-10-19(4,17)18/h11,14H,5-10H2,1-4H3. The number of amides is 1. The van der Waals surface area contributed by atoms with Crippen LogP contribution >= 0.6 is 0 Å². The zero-order valence-corrected chi connectivity index (χ0v) is 13.2. The van der Waals surface area contributed by atoms with Crippen molar-refractivity contribution < 1.29 is 13.2 Å². The Morgan fingerprint density at radius 3 is 2.47 bits per heavy atom. The molecule has 1 aliphatic heterocycles. The number of carbonyl (C=O) groups excluding carboxylic acids is 1. The molecule has 2 unspecified atom stereocenters. The molecule has 0 aromatic rings. The van der Waals surface area contributed by atoms with Crippen LogP contribution in [0.4, 0.5) is 0 Å². The van der Waals surface area contributed by atoms with Gasteiger partial charge in [0.2, 0.25) is 5.91 Å². The summed E-state index contributed by atoms with van der Waals surface area (Å²) in [7, 11) is -2.96. The molecule has 1 aliphatic rings. The van der Waals surface area contributed by atoms with Gasteiger partial charge in [-0.2, -0.15) is 0 Å². The van der Waals surface area contributed by atoms with Crippen LogP contribution < -0.4 is 5.32 Å². The number of nitrogens with zero attached hydrogens (tertiary/aromatic N) is 1. The molecule has 2 atom stereocenters. The summed E-state index contributed by atoms with van der Waals surface area (Å²) in [5, 5.41) is 3.39. The summed E-state index contributed by atoms with van der Waals surface area (Å²) in [5.41, 5.74) is -0.495. The highest BCUT2D eigenvalue weighted by atomic mass is 32.2. The van der Waals surface area contributed by atoms with Crippen molar-refractivity contribution in [3.8, 4) is 0 Å². The fourth-order valence-corrected chi connectivity index (χ4v) is 3.13. The van der Waals surface area contributed by atoms with Crippen molar-refractivity contribution in [2.75, 3.05) is 18.6 Å². The van der Waals surface area contributed by atoms with E-state index in [0.717, 1.165) is 19.3 Å². The van der Waals surface area contributed by atoms with E-state index < -0.39 is 15.4 Å². The number of hydrogen-bond donors (Lipinski definition) is 1. The Balaban J connectivity index is 2.69. The molecule has 0 aliphatic carbocycles. The van der Waals surface area contributed by atoms with E-state index in [1.807, 2.05) is 18.7 Å². The minimum Gasteiger partial charge on any atom is -0.326 e. The molecule has 19 heavy (non-hydrogen) atoms. The van der Waals surface area contributed by atoms with Gasteiger partial charge in [-0.25, -0.2) is 8.42 Å². The molecular weight excluding hydrogens is 264 g/mol. The summed E-state index contributed by atoms with van der Waals surface area (Å²) < 4.78 is 22.3. The second-order valence-electron chi connectivity index (χ2n) is 5.62. The van der Waals surface area contributed by atoms with E-state index in [0.29, 0.717) is 13.0 Å². The van der Waals surface area contributed by atoms with E-state index >= 15 is 0 Å². The van der Waals surface area contributed by atoms with Gasteiger partial charge in [0.25, 0.3) is 0 Å². The lowest BCUT2D eigenvalue weighted by Gasteiger charge is -2.23. The van der Waals surface area contributed by atoms with E-state index in [1.165, 1.54) is 6.26 Å². The van der Waals surface area contributed by atoms with Gasteiger partial charge in [-0.1, -0.05) is 20.3 Å². The highest BCUT2D eigenvalue weighted by molar-refractivity contribution is 7.90. The van der Waals surface area contributed by atoms with Crippen LogP contribution in [0.2, 0.25) is 0 Å². The van der Waals surface area contributed by atoms with Crippen LogP contribution in [0.25, 0.3) is 0 Å². The number of nitrogens with one attached hydrogen (secondary N) is 1. The Kier molecular flexibility index (Phi) is 5.38. The normalized spacial score (nSPS) is 28.1. The van der Waals surface area contributed by atoms with Crippen LogP contribution in [0.3, 0.4) is 0 Å². The van der Waals surface area contributed by atoms with Crippen LogP contribution in [0.15, 0.2) is 0 Å². The number of hydrogen-bond acceptors (Lipinski definition) is 4. The van der Waals surface area contributed by atoms with Gasteiger partial charge >= 0.3 is 0 Å². The van der Waals surface area contributed by atoms with Gasteiger partial charge in [0, 0.05) is 12.8 Å². The molecule has 0 bridgehead atoms. The van der Waals surface area contributed by atoms with Crippen LogP contribution in [0.5, 0.6) is 0 Å². The third kappa shape index (κ3) is 4.18. The first-order valence-corrected chi connectivity index (χ1v) is 9.06. The van der Waals surface area contributed by atoms with E-state index in [9.17, 15) is 13.2 Å². The summed E-state index contributed by atoms with van der Waals surface area (Å²) in [4.78, 5) is 14.2. The highest BCUT2D eigenvalue weighted by Gasteiger charge is 2.45. The summed E-state index contributed by atoms with van der Waals surface area (Å²) >= 11 is 0. The summed E-state index contributed by atoms with van der Waals surface area (Å²) in [6, 6.07) is 0. The largest absolute Gasteiger partial charge is 0.326 e. The molecule has 112 valence electrons. The van der Waals surface area contributed by atoms with Crippen molar-refractivity contribution in [3.05, 3.63) is 0 Å². The summed E-state index contributed by atoms with van der Waals surface area (Å²) in [6.45, 7) is 6.52. The maximum atomic E-state index is 12.4. The number of carbonyl (C=O) groups is 1. The predicted octanol–water partition coefficient (Wildman–Crippen LogP) is 1.15. The predicted molar refractivity (Wildman–Crippen MR) is 76.6 cm³/mol. The second-order valence-corrected chi connectivity index (χ2v) is 7.88. The number of rotatable bonds is 7. The molecule has 0 aromatic carbocycles. The molecule has 0 radical (unpaired) electrons. The van der Waals surface area contributed by atoms with Crippen molar-refractivity contribution in [2.45, 2.75) is 58.2 Å². The van der Waals surface area contributed by atoms with Gasteiger partial charge in [0.1, 0.15) is 9.84 Å². The molecule has 0 aromatic heterocycles.